The number of nitrogens with one attached hydrogen (secondary N) is 2. The lowest BCUT2D eigenvalue weighted by Gasteiger charge is -2.12. The van der Waals surface area contributed by atoms with Gasteiger partial charge in [0.25, 0.3) is 5.91 Å². The molecule has 2 N–H and O–H groups in total. The summed E-state index contributed by atoms with van der Waals surface area (Å²) in [6, 6.07) is 11.6. The van der Waals surface area contributed by atoms with Crippen molar-refractivity contribution < 1.29 is 14.3 Å². The van der Waals surface area contributed by atoms with Gasteiger partial charge in [0.15, 0.2) is 6.61 Å². The number of anilines is 2. The fourth-order valence-corrected chi connectivity index (χ4v) is 2.26. The molecule has 0 saturated heterocycles. The molecule has 7 heteroatoms. The van der Waals surface area contributed by atoms with Crippen molar-refractivity contribution in [3.05, 3.63) is 52.5 Å². The van der Waals surface area contributed by atoms with Crippen LogP contribution in [-0.2, 0) is 9.59 Å². The smallest absolute Gasteiger partial charge is 0.262 e. The fourth-order valence-electron chi connectivity index (χ4n) is 1.81. The summed E-state index contributed by atoms with van der Waals surface area (Å²) in [5.74, 6) is -0.203. The van der Waals surface area contributed by atoms with Gasteiger partial charge < -0.3 is 15.4 Å². The number of amides is 2. The van der Waals surface area contributed by atoms with Gasteiger partial charge in [-0.05, 0) is 30.3 Å². The molecule has 0 fully saturated rings. The third kappa shape index (κ3) is 5.16. The maximum atomic E-state index is 11.9. The second-order valence-electron chi connectivity index (χ2n) is 4.64. The summed E-state index contributed by atoms with van der Waals surface area (Å²) in [5, 5.41) is 6.07. The molecule has 0 aliphatic rings. The average Bonchev–Trinajstić information content (AvgIpc) is 2.49. The summed E-state index contributed by atoms with van der Waals surface area (Å²) in [6.07, 6.45) is 0. The standard InChI is InChI=1S/C16H14Cl2N2O3/c1-10(21)19-14-4-2-3-5-15(14)23-9-16(22)20-13-7-6-11(17)8-12(13)18/h2-8H,9H2,1H3,(H,19,21)(H,20,22). The summed E-state index contributed by atoms with van der Waals surface area (Å²) in [6.45, 7) is 1.17. The molecule has 0 bridgehead atoms. The van der Waals surface area contributed by atoms with Crippen molar-refractivity contribution in [2.75, 3.05) is 17.2 Å². The Labute approximate surface area is 143 Å². The SMILES string of the molecule is CC(=O)Nc1ccccc1OCC(=O)Nc1ccc(Cl)cc1Cl. The Morgan fingerprint density at radius 1 is 1.04 bits per heavy atom. The number of hydrogen-bond donors (Lipinski definition) is 2. The van der Waals surface area contributed by atoms with Gasteiger partial charge in [0.2, 0.25) is 5.91 Å². The highest BCUT2D eigenvalue weighted by Gasteiger charge is 2.09. The number of carbonyl (C=O) groups is 2. The van der Waals surface area contributed by atoms with E-state index in [1.165, 1.54) is 13.0 Å². The van der Waals surface area contributed by atoms with Crippen LogP contribution in [0, 0.1) is 0 Å². The quantitative estimate of drug-likeness (QED) is 0.855. The van der Waals surface area contributed by atoms with E-state index in [0.29, 0.717) is 27.2 Å². The summed E-state index contributed by atoms with van der Waals surface area (Å²) in [5.41, 5.74) is 0.942. The van der Waals surface area contributed by atoms with E-state index in [9.17, 15) is 9.59 Å². The zero-order valence-corrected chi connectivity index (χ0v) is 13.7. The van der Waals surface area contributed by atoms with Crippen LogP contribution in [0.15, 0.2) is 42.5 Å². The van der Waals surface area contributed by atoms with Crippen LogP contribution in [0.5, 0.6) is 5.75 Å². The second kappa shape index (κ2) is 7.85. The highest BCUT2D eigenvalue weighted by Crippen LogP contribution is 2.26. The van der Waals surface area contributed by atoms with Crippen LogP contribution in [0.1, 0.15) is 6.92 Å². The van der Waals surface area contributed by atoms with E-state index in [1.54, 1.807) is 36.4 Å². The fraction of sp³-hybridized carbons (Fsp3) is 0.125. The first-order chi connectivity index (χ1) is 11.0. The maximum absolute atomic E-state index is 11.9. The molecule has 120 valence electrons. The summed E-state index contributed by atoms with van der Waals surface area (Å²) >= 11 is 11.8. The Balaban J connectivity index is 1.98. The van der Waals surface area contributed by atoms with Gasteiger partial charge in [-0.1, -0.05) is 35.3 Å². The lowest BCUT2D eigenvalue weighted by Crippen LogP contribution is -2.21. The number of para-hydroxylation sites is 2. The first kappa shape index (κ1) is 17.1. The Morgan fingerprint density at radius 2 is 1.78 bits per heavy atom. The molecule has 2 amide bonds. The van der Waals surface area contributed by atoms with E-state index in [4.69, 9.17) is 27.9 Å². The van der Waals surface area contributed by atoms with E-state index >= 15 is 0 Å². The highest BCUT2D eigenvalue weighted by atomic mass is 35.5. The van der Waals surface area contributed by atoms with Gasteiger partial charge in [0.1, 0.15) is 5.75 Å². The monoisotopic (exact) mass is 352 g/mol. The normalized spacial score (nSPS) is 10.0. The molecule has 2 aromatic rings. The Hall–Kier alpha value is -2.24. The molecule has 0 atom stereocenters. The van der Waals surface area contributed by atoms with E-state index in [2.05, 4.69) is 10.6 Å². The van der Waals surface area contributed by atoms with Crippen molar-refractivity contribution in [2.45, 2.75) is 6.92 Å². The van der Waals surface area contributed by atoms with Gasteiger partial charge >= 0.3 is 0 Å². The van der Waals surface area contributed by atoms with E-state index in [1.807, 2.05) is 0 Å². The zero-order chi connectivity index (χ0) is 16.8. The zero-order valence-electron chi connectivity index (χ0n) is 12.2. The summed E-state index contributed by atoms with van der Waals surface area (Å²) in [7, 11) is 0. The Bertz CT molecular complexity index is 735. The highest BCUT2D eigenvalue weighted by molar-refractivity contribution is 6.36. The number of ether oxygens (including phenoxy) is 1. The molecule has 0 aromatic heterocycles. The number of carbonyl (C=O) groups excluding carboxylic acids is 2. The minimum atomic E-state index is -0.383. The van der Waals surface area contributed by atoms with Crippen LogP contribution in [-0.4, -0.2) is 18.4 Å². The molecule has 0 aliphatic heterocycles. The van der Waals surface area contributed by atoms with Gasteiger partial charge in [0, 0.05) is 11.9 Å². The summed E-state index contributed by atoms with van der Waals surface area (Å²) in [4.78, 5) is 23.1. The molecular weight excluding hydrogens is 339 g/mol. The van der Waals surface area contributed by atoms with Crippen molar-refractivity contribution in [3.8, 4) is 5.75 Å². The maximum Gasteiger partial charge on any atom is 0.262 e. The number of benzene rings is 2. The van der Waals surface area contributed by atoms with Crippen LogP contribution in [0.4, 0.5) is 11.4 Å². The molecule has 2 aromatic carbocycles. The minimum absolute atomic E-state index is 0.224. The lowest BCUT2D eigenvalue weighted by atomic mass is 10.3. The predicted molar refractivity (Wildman–Crippen MR) is 91.3 cm³/mol. The molecule has 0 unspecified atom stereocenters. The molecule has 23 heavy (non-hydrogen) atoms. The molecule has 2 rings (SSSR count). The average molecular weight is 353 g/mol. The van der Waals surface area contributed by atoms with Crippen molar-refractivity contribution in [1.82, 2.24) is 0 Å². The van der Waals surface area contributed by atoms with Crippen LogP contribution in [0.25, 0.3) is 0 Å². The second-order valence-corrected chi connectivity index (χ2v) is 5.48. The lowest BCUT2D eigenvalue weighted by molar-refractivity contribution is -0.118. The van der Waals surface area contributed by atoms with Crippen LogP contribution < -0.4 is 15.4 Å². The Morgan fingerprint density at radius 3 is 2.48 bits per heavy atom. The third-order valence-electron chi connectivity index (χ3n) is 2.76. The van der Waals surface area contributed by atoms with Crippen molar-refractivity contribution in [1.29, 1.82) is 0 Å². The van der Waals surface area contributed by atoms with Gasteiger partial charge in [0.05, 0.1) is 16.4 Å². The first-order valence-electron chi connectivity index (χ1n) is 6.70. The first-order valence-corrected chi connectivity index (χ1v) is 7.45. The van der Waals surface area contributed by atoms with Crippen LogP contribution in [0.3, 0.4) is 0 Å². The van der Waals surface area contributed by atoms with Gasteiger partial charge in [-0.2, -0.15) is 0 Å². The molecule has 0 aliphatic carbocycles. The molecule has 0 spiro atoms. The van der Waals surface area contributed by atoms with Crippen molar-refractivity contribution in [3.63, 3.8) is 0 Å². The molecule has 0 saturated carbocycles. The van der Waals surface area contributed by atoms with E-state index in [-0.39, 0.29) is 18.4 Å². The van der Waals surface area contributed by atoms with Crippen molar-refractivity contribution >= 4 is 46.4 Å². The van der Waals surface area contributed by atoms with E-state index < -0.39 is 0 Å². The third-order valence-corrected chi connectivity index (χ3v) is 3.31. The molecular formula is C16H14Cl2N2O3. The Kier molecular flexibility index (Phi) is 5.84. The van der Waals surface area contributed by atoms with Crippen molar-refractivity contribution in [2.24, 2.45) is 0 Å². The van der Waals surface area contributed by atoms with Gasteiger partial charge in [-0.3, -0.25) is 9.59 Å². The molecule has 5 nitrogen and oxygen atoms in total. The molecule has 0 radical (unpaired) electrons. The summed E-state index contributed by atoms with van der Waals surface area (Å²) < 4.78 is 5.44. The number of halogens is 2. The van der Waals surface area contributed by atoms with Crippen LogP contribution in [0.2, 0.25) is 10.0 Å². The van der Waals surface area contributed by atoms with Crippen LogP contribution >= 0.6 is 23.2 Å². The number of hydrogen-bond acceptors (Lipinski definition) is 3. The van der Waals surface area contributed by atoms with Gasteiger partial charge in [-0.15, -0.1) is 0 Å². The number of rotatable bonds is 5. The minimum Gasteiger partial charge on any atom is -0.482 e. The van der Waals surface area contributed by atoms with E-state index in [0.717, 1.165) is 0 Å². The predicted octanol–water partition coefficient (Wildman–Crippen LogP) is 3.97. The largest absolute Gasteiger partial charge is 0.482 e. The van der Waals surface area contributed by atoms with Gasteiger partial charge in [-0.25, -0.2) is 0 Å². The molecule has 0 heterocycles. The topological polar surface area (TPSA) is 67.4 Å².